The number of nitrogens with zero attached hydrogens (tertiary/aromatic N) is 2. The van der Waals surface area contributed by atoms with Crippen molar-refractivity contribution >= 4 is 51.7 Å². The Balaban J connectivity index is 1.85. The molecule has 0 saturated carbocycles. The fraction of sp³-hybridized carbons (Fsp3) is 0.231. The van der Waals surface area contributed by atoms with Gasteiger partial charge in [0.15, 0.2) is 4.34 Å². The fourth-order valence-electron chi connectivity index (χ4n) is 1.45. The molecule has 0 aliphatic carbocycles. The SMILES string of the molecule is COC(=O)CSc1nnc(NC(=O)Cc2ccc(Cl)cc2)s1. The van der Waals surface area contributed by atoms with Crippen LogP contribution in [0.1, 0.15) is 5.56 Å². The summed E-state index contributed by atoms with van der Waals surface area (Å²) in [5.74, 6) is -0.374. The number of nitrogens with one attached hydrogen (secondary N) is 1. The van der Waals surface area contributed by atoms with Crippen LogP contribution in [0.3, 0.4) is 0 Å². The van der Waals surface area contributed by atoms with Gasteiger partial charge < -0.3 is 10.1 Å². The molecule has 0 fully saturated rings. The zero-order valence-corrected chi connectivity index (χ0v) is 13.9. The number of thioether (sulfide) groups is 1. The first-order valence-electron chi connectivity index (χ1n) is 6.14. The molecule has 1 aromatic heterocycles. The molecule has 0 atom stereocenters. The van der Waals surface area contributed by atoms with Crippen LogP contribution in [-0.2, 0) is 20.7 Å². The Morgan fingerprint density at radius 3 is 2.73 bits per heavy atom. The number of rotatable bonds is 6. The molecule has 0 aliphatic rings. The molecule has 0 bridgehead atoms. The number of amides is 1. The normalized spacial score (nSPS) is 10.3. The molecular weight excluding hydrogens is 346 g/mol. The molecule has 1 N–H and O–H groups in total. The maximum atomic E-state index is 11.9. The molecule has 1 aromatic carbocycles. The van der Waals surface area contributed by atoms with Gasteiger partial charge in [0.05, 0.1) is 19.3 Å². The third kappa shape index (κ3) is 5.28. The Bertz CT molecular complexity index is 661. The van der Waals surface area contributed by atoms with E-state index < -0.39 is 0 Å². The van der Waals surface area contributed by atoms with Gasteiger partial charge in [0.25, 0.3) is 0 Å². The van der Waals surface area contributed by atoms with Gasteiger partial charge in [-0.05, 0) is 17.7 Å². The summed E-state index contributed by atoms with van der Waals surface area (Å²) in [5.41, 5.74) is 0.853. The van der Waals surface area contributed by atoms with Gasteiger partial charge in [-0.3, -0.25) is 9.59 Å². The molecule has 0 radical (unpaired) electrons. The number of ether oxygens (including phenoxy) is 1. The Labute approximate surface area is 140 Å². The number of benzene rings is 1. The van der Waals surface area contributed by atoms with Crippen LogP contribution in [-0.4, -0.2) is 34.9 Å². The standard InChI is InChI=1S/C13H12ClN3O3S2/c1-20-11(19)7-21-13-17-16-12(22-13)15-10(18)6-8-2-4-9(14)5-3-8/h2-5H,6-7H2,1H3,(H,15,16,18). The van der Waals surface area contributed by atoms with Crippen molar-refractivity contribution in [3.8, 4) is 0 Å². The average molecular weight is 358 g/mol. The number of carbonyl (C=O) groups excluding carboxylic acids is 2. The van der Waals surface area contributed by atoms with Crippen molar-refractivity contribution in [2.45, 2.75) is 10.8 Å². The van der Waals surface area contributed by atoms with Gasteiger partial charge >= 0.3 is 5.97 Å². The lowest BCUT2D eigenvalue weighted by molar-refractivity contribution is -0.137. The molecule has 2 rings (SSSR count). The molecule has 0 unspecified atom stereocenters. The fourth-order valence-corrected chi connectivity index (χ4v) is 3.18. The van der Waals surface area contributed by atoms with Crippen molar-refractivity contribution in [2.75, 3.05) is 18.2 Å². The number of hydrogen-bond acceptors (Lipinski definition) is 7. The van der Waals surface area contributed by atoms with E-state index in [4.69, 9.17) is 11.6 Å². The molecule has 22 heavy (non-hydrogen) atoms. The molecule has 0 aliphatic heterocycles. The largest absolute Gasteiger partial charge is 0.468 e. The van der Waals surface area contributed by atoms with Crippen molar-refractivity contribution < 1.29 is 14.3 Å². The van der Waals surface area contributed by atoms with E-state index in [1.807, 2.05) is 0 Å². The predicted molar refractivity (Wildman–Crippen MR) is 86.4 cm³/mol. The van der Waals surface area contributed by atoms with Crippen molar-refractivity contribution in [1.82, 2.24) is 10.2 Å². The van der Waals surface area contributed by atoms with Gasteiger partial charge in [-0.25, -0.2) is 0 Å². The van der Waals surface area contributed by atoms with Gasteiger partial charge in [0, 0.05) is 5.02 Å². The summed E-state index contributed by atoms with van der Waals surface area (Å²) in [7, 11) is 1.32. The minimum absolute atomic E-state index is 0.157. The van der Waals surface area contributed by atoms with E-state index in [1.54, 1.807) is 24.3 Å². The summed E-state index contributed by atoms with van der Waals surface area (Å²) < 4.78 is 5.13. The number of methoxy groups -OCH3 is 1. The Morgan fingerprint density at radius 2 is 2.05 bits per heavy atom. The van der Waals surface area contributed by atoms with E-state index in [-0.39, 0.29) is 24.1 Å². The highest BCUT2D eigenvalue weighted by molar-refractivity contribution is 8.01. The number of hydrogen-bond donors (Lipinski definition) is 1. The lowest BCUT2D eigenvalue weighted by Crippen LogP contribution is -2.14. The van der Waals surface area contributed by atoms with Crippen molar-refractivity contribution in [1.29, 1.82) is 0 Å². The second-order valence-electron chi connectivity index (χ2n) is 4.09. The topological polar surface area (TPSA) is 81.2 Å². The highest BCUT2D eigenvalue weighted by atomic mass is 35.5. The van der Waals surface area contributed by atoms with Gasteiger partial charge in [-0.15, -0.1) is 10.2 Å². The first kappa shape index (κ1) is 16.7. The predicted octanol–water partition coefficient (Wildman–Crippen LogP) is 2.64. The molecule has 9 heteroatoms. The van der Waals surface area contributed by atoms with Crippen molar-refractivity contribution in [3.05, 3.63) is 34.9 Å². The zero-order chi connectivity index (χ0) is 15.9. The van der Waals surface area contributed by atoms with E-state index in [1.165, 1.54) is 30.2 Å². The van der Waals surface area contributed by atoms with Crippen LogP contribution in [0, 0.1) is 0 Å². The van der Waals surface area contributed by atoms with Gasteiger partial charge in [-0.1, -0.05) is 46.8 Å². The highest BCUT2D eigenvalue weighted by Crippen LogP contribution is 2.25. The first-order valence-corrected chi connectivity index (χ1v) is 8.32. The molecule has 0 spiro atoms. The molecule has 6 nitrogen and oxygen atoms in total. The quantitative estimate of drug-likeness (QED) is 0.486. The van der Waals surface area contributed by atoms with Crippen LogP contribution in [0.5, 0.6) is 0 Å². The van der Waals surface area contributed by atoms with E-state index in [0.29, 0.717) is 14.5 Å². The molecule has 116 valence electrons. The van der Waals surface area contributed by atoms with Crippen molar-refractivity contribution in [3.63, 3.8) is 0 Å². The lowest BCUT2D eigenvalue weighted by atomic mass is 10.1. The van der Waals surface area contributed by atoms with Gasteiger partial charge in [-0.2, -0.15) is 0 Å². The van der Waals surface area contributed by atoms with Gasteiger partial charge in [0.2, 0.25) is 11.0 Å². The van der Waals surface area contributed by atoms with Crippen LogP contribution in [0.4, 0.5) is 5.13 Å². The van der Waals surface area contributed by atoms with E-state index in [0.717, 1.165) is 5.56 Å². The summed E-state index contributed by atoms with van der Waals surface area (Å²) in [6.07, 6.45) is 0.224. The molecule has 1 amide bonds. The molecule has 2 aromatic rings. The molecule has 1 heterocycles. The van der Waals surface area contributed by atoms with Crippen molar-refractivity contribution in [2.24, 2.45) is 0 Å². The Hall–Kier alpha value is -1.64. The van der Waals surface area contributed by atoms with Gasteiger partial charge in [0.1, 0.15) is 0 Å². The number of esters is 1. The third-order valence-electron chi connectivity index (χ3n) is 2.47. The van der Waals surface area contributed by atoms with E-state index >= 15 is 0 Å². The van der Waals surface area contributed by atoms with Crippen LogP contribution in [0.25, 0.3) is 0 Å². The number of aromatic nitrogens is 2. The molecular formula is C13H12ClN3O3S2. The highest BCUT2D eigenvalue weighted by Gasteiger charge is 2.11. The van der Waals surface area contributed by atoms with Crippen LogP contribution >= 0.6 is 34.7 Å². The summed E-state index contributed by atoms with van der Waals surface area (Å²) >= 11 is 8.21. The monoisotopic (exact) mass is 357 g/mol. The maximum Gasteiger partial charge on any atom is 0.316 e. The number of anilines is 1. The second kappa shape index (κ2) is 8.11. The second-order valence-corrected chi connectivity index (χ2v) is 6.73. The number of carbonyl (C=O) groups is 2. The third-order valence-corrected chi connectivity index (χ3v) is 4.67. The van der Waals surface area contributed by atoms with Crippen LogP contribution in [0.2, 0.25) is 5.02 Å². The summed E-state index contributed by atoms with van der Waals surface area (Å²) in [6.45, 7) is 0. The summed E-state index contributed by atoms with van der Waals surface area (Å²) in [6, 6.07) is 7.05. The summed E-state index contributed by atoms with van der Waals surface area (Å²) in [5, 5.41) is 11.4. The Kier molecular flexibility index (Phi) is 6.17. The Morgan fingerprint density at radius 1 is 1.32 bits per heavy atom. The minimum Gasteiger partial charge on any atom is -0.468 e. The summed E-state index contributed by atoms with van der Waals surface area (Å²) in [4.78, 5) is 22.9. The average Bonchev–Trinajstić information content (AvgIpc) is 2.94. The lowest BCUT2D eigenvalue weighted by Gasteiger charge is -2.01. The van der Waals surface area contributed by atoms with Crippen LogP contribution in [0.15, 0.2) is 28.6 Å². The first-order chi connectivity index (χ1) is 10.6. The van der Waals surface area contributed by atoms with E-state index in [2.05, 4.69) is 20.3 Å². The smallest absolute Gasteiger partial charge is 0.316 e. The zero-order valence-electron chi connectivity index (χ0n) is 11.5. The molecule has 0 saturated heterocycles. The number of halogens is 1. The van der Waals surface area contributed by atoms with Crippen LogP contribution < -0.4 is 5.32 Å². The van der Waals surface area contributed by atoms with E-state index in [9.17, 15) is 9.59 Å². The minimum atomic E-state index is -0.339. The maximum absolute atomic E-state index is 11.9.